The summed E-state index contributed by atoms with van der Waals surface area (Å²) in [5, 5.41) is 0. The zero-order valence-electron chi connectivity index (χ0n) is 16.0. The smallest absolute Gasteiger partial charge is 0.0303 e. The Morgan fingerprint density at radius 3 is 1.86 bits per heavy atom. The molecular formula is C20H37N. The van der Waals surface area contributed by atoms with E-state index in [9.17, 15) is 0 Å². The first-order valence-electron chi connectivity index (χ1n) is 8.54. The van der Waals surface area contributed by atoms with Gasteiger partial charge in [-0.3, -0.25) is 4.99 Å². The minimum atomic E-state index is 1.01. The molecule has 0 aromatic heterocycles. The summed E-state index contributed by atoms with van der Waals surface area (Å²) in [6.07, 6.45) is 11.4. The topological polar surface area (TPSA) is 12.4 Å². The summed E-state index contributed by atoms with van der Waals surface area (Å²) >= 11 is 0. The molecule has 1 aliphatic carbocycles. The molecule has 0 amide bonds. The van der Waals surface area contributed by atoms with Gasteiger partial charge in [-0.25, -0.2) is 0 Å². The molecule has 1 nitrogen and oxygen atoms in total. The Hall–Kier alpha value is -1.37. The molecule has 0 unspecified atom stereocenters. The van der Waals surface area contributed by atoms with E-state index in [-0.39, 0.29) is 0 Å². The lowest BCUT2D eigenvalue weighted by atomic mass is 10.0. The number of hydrogen-bond donors (Lipinski definition) is 0. The Bertz CT molecular complexity index is 377. The van der Waals surface area contributed by atoms with Crippen LogP contribution in [0.2, 0.25) is 0 Å². The minimum absolute atomic E-state index is 1.01. The SMILES string of the molecule is CC.CC.CC.CC.CC1=CC2=CN=CC(C)=C(C=C1)C2. The van der Waals surface area contributed by atoms with Crippen LogP contribution in [0.25, 0.3) is 0 Å². The van der Waals surface area contributed by atoms with Crippen molar-refractivity contribution in [1.29, 1.82) is 0 Å². The molecule has 0 saturated heterocycles. The van der Waals surface area contributed by atoms with Gasteiger partial charge in [-0.1, -0.05) is 79.2 Å². The summed E-state index contributed by atoms with van der Waals surface area (Å²) < 4.78 is 0. The predicted molar refractivity (Wildman–Crippen MR) is 102 cm³/mol. The molecule has 0 spiro atoms. The van der Waals surface area contributed by atoms with Crippen molar-refractivity contribution in [2.24, 2.45) is 4.99 Å². The van der Waals surface area contributed by atoms with Crippen molar-refractivity contribution in [2.75, 3.05) is 0 Å². The van der Waals surface area contributed by atoms with Gasteiger partial charge in [0.2, 0.25) is 0 Å². The molecule has 0 fully saturated rings. The maximum Gasteiger partial charge on any atom is 0.0303 e. The molecule has 2 aliphatic rings. The highest BCUT2D eigenvalue weighted by atomic mass is 14.7. The number of hydrogen-bond acceptors (Lipinski definition) is 1. The van der Waals surface area contributed by atoms with Crippen LogP contribution in [0.4, 0.5) is 0 Å². The molecule has 0 saturated carbocycles. The van der Waals surface area contributed by atoms with Crippen LogP contribution in [0, 0.1) is 0 Å². The molecule has 0 N–H and O–H groups in total. The highest BCUT2D eigenvalue weighted by Gasteiger charge is 2.06. The lowest BCUT2D eigenvalue weighted by Crippen LogP contribution is -1.85. The van der Waals surface area contributed by atoms with Crippen molar-refractivity contribution in [1.82, 2.24) is 0 Å². The fourth-order valence-electron chi connectivity index (χ4n) is 1.58. The van der Waals surface area contributed by atoms with Crippen molar-refractivity contribution in [3.05, 3.63) is 46.7 Å². The summed E-state index contributed by atoms with van der Waals surface area (Å²) in [5.74, 6) is 0. The third kappa shape index (κ3) is 11.0. The van der Waals surface area contributed by atoms with E-state index >= 15 is 0 Å². The fraction of sp³-hybridized carbons (Fsp3) is 0.550. The first-order chi connectivity index (χ1) is 10.3. The lowest BCUT2D eigenvalue weighted by Gasteiger charge is -2.00. The third-order valence-electron chi connectivity index (χ3n) is 2.37. The predicted octanol–water partition coefficient (Wildman–Crippen LogP) is 7.28. The molecule has 0 atom stereocenters. The Morgan fingerprint density at radius 1 is 0.810 bits per heavy atom. The van der Waals surface area contributed by atoms with E-state index < -0.39 is 0 Å². The van der Waals surface area contributed by atoms with E-state index in [0.717, 1.165) is 6.42 Å². The summed E-state index contributed by atoms with van der Waals surface area (Å²) in [4.78, 5) is 4.25. The third-order valence-corrected chi connectivity index (χ3v) is 2.37. The van der Waals surface area contributed by atoms with Gasteiger partial charge >= 0.3 is 0 Å². The van der Waals surface area contributed by atoms with E-state index in [1.807, 2.05) is 67.8 Å². The van der Waals surface area contributed by atoms with Crippen LogP contribution < -0.4 is 0 Å². The zero-order chi connectivity index (χ0) is 17.3. The second kappa shape index (κ2) is 18.6. The maximum atomic E-state index is 4.25. The molecule has 1 aliphatic heterocycles. The van der Waals surface area contributed by atoms with E-state index in [1.165, 1.54) is 22.3 Å². The molecule has 1 heterocycles. The molecule has 1 heteroatoms. The normalized spacial score (nSPS) is 14.0. The molecular weight excluding hydrogens is 254 g/mol. The Kier molecular flexibility index (Phi) is 21.9. The van der Waals surface area contributed by atoms with Crippen molar-refractivity contribution in [2.45, 2.75) is 75.7 Å². The van der Waals surface area contributed by atoms with Gasteiger partial charge in [-0.15, -0.1) is 0 Å². The fourth-order valence-corrected chi connectivity index (χ4v) is 1.58. The number of rotatable bonds is 0. The van der Waals surface area contributed by atoms with Crippen LogP contribution in [0.3, 0.4) is 0 Å². The summed E-state index contributed by atoms with van der Waals surface area (Å²) in [7, 11) is 0. The van der Waals surface area contributed by atoms with E-state index in [2.05, 4.69) is 37.1 Å². The van der Waals surface area contributed by atoms with Crippen LogP contribution >= 0.6 is 0 Å². The summed E-state index contributed by atoms with van der Waals surface area (Å²) in [6.45, 7) is 20.2. The molecule has 122 valence electrons. The van der Waals surface area contributed by atoms with Crippen LogP contribution in [-0.4, -0.2) is 6.21 Å². The van der Waals surface area contributed by atoms with Gasteiger partial charge in [0.15, 0.2) is 0 Å². The first-order valence-corrected chi connectivity index (χ1v) is 8.54. The van der Waals surface area contributed by atoms with Gasteiger partial charge < -0.3 is 0 Å². The van der Waals surface area contributed by atoms with Gasteiger partial charge in [-0.2, -0.15) is 0 Å². The van der Waals surface area contributed by atoms with E-state index in [0.29, 0.717) is 0 Å². The first kappa shape index (κ1) is 24.6. The lowest BCUT2D eigenvalue weighted by molar-refractivity contribution is 1.19. The number of fused-ring (bicyclic) bond motifs is 2. The highest BCUT2D eigenvalue weighted by molar-refractivity contribution is 5.81. The van der Waals surface area contributed by atoms with Crippen LogP contribution in [-0.2, 0) is 0 Å². The van der Waals surface area contributed by atoms with E-state index in [4.69, 9.17) is 0 Å². The molecule has 2 rings (SSSR count). The second-order valence-corrected chi connectivity index (χ2v) is 3.59. The standard InChI is InChI=1S/C12H13N.4C2H6/c1-9-3-4-12-6-11(5-9)8-13-7-10(12)2;4*1-2/h3-5,7-8H,6H2,1-2H3;4*1-2H3. The van der Waals surface area contributed by atoms with Crippen molar-refractivity contribution < 1.29 is 0 Å². The molecule has 2 bridgehead atoms. The second-order valence-electron chi connectivity index (χ2n) is 3.59. The average molecular weight is 292 g/mol. The number of aliphatic imine (C=N–C) groups is 1. The average Bonchev–Trinajstić information content (AvgIpc) is 2.87. The Morgan fingerprint density at radius 2 is 1.33 bits per heavy atom. The maximum absolute atomic E-state index is 4.25. The van der Waals surface area contributed by atoms with Gasteiger partial charge in [0.05, 0.1) is 0 Å². The Balaban J connectivity index is -0.000000353. The quantitative estimate of drug-likeness (QED) is 0.444. The van der Waals surface area contributed by atoms with Crippen LogP contribution in [0.15, 0.2) is 51.7 Å². The number of allylic oxidation sites excluding steroid dienone is 7. The zero-order valence-corrected chi connectivity index (χ0v) is 16.0. The van der Waals surface area contributed by atoms with Crippen LogP contribution in [0.5, 0.6) is 0 Å². The number of nitrogens with zero attached hydrogens (tertiary/aromatic N) is 1. The monoisotopic (exact) mass is 291 g/mol. The summed E-state index contributed by atoms with van der Waals surface area (Å²) in [6, 6.07) is 0. The molecule has 0 radical (unpaired) electrons. The van der Waals surface area contributed by atoms with Gasteiger partial charge in [0, 0.05) is 12.4 Å². The Labute approximate surface area is 134 Å². The molecule has 0 aromatic rings. The van der Waals surface area contributed by atoms with Gasteiger partial charge in [0.25, 0.3) is 0 Å². The summed E-state index contributed by atoms with van der Waals surface area (Å²) in [5.41, 5.74) is 5.24. The molecule has 21 heavy (non-hydrogen) atoms. The molecule has 0 aromatic carbocycles. The largest absolute Gasteiger partial charge is 0.264 e. The van der Waals surface area contributed by atoms with Crippen molar-refractivity contribution >= 4 is 6.21 Å². The highest BCUT2D eigenvalue weighted by Crippen LogP contribution is 2.24. The van der Waals surface area contributed by atoms with Gasteiger partial charge in [-0.05, 0) is 37.0 Å². The van der Waals surface area contributed by atoms with Crippen molar-refractivity contribution in [3.8, 4) is 0 Å². The minimum Gasteiger partial charge on any atom is -0.264 e. The van der Waals surface area contributed by atoms with Crippen molar-refractivity contribution in [3.63, 3.8) is 0 Å². The van der Waals surface area contributed by atoms with E-state index in [1.54, 1.807) is 0 Å². The van der Waals surface area contributed by atoms with Gasteiger partial charge in [0.1, 0.15) is 0 Å². The van der Waals surface area contributed by atoms with Crippen LogP contribution in [0.1, 0.15) is 75.7 Å².